The van der Waals surface area contributed by atoms with Gasteiger partial charge in [-0.3, -0.25) is 0 Å². The lowest BCUT2D eigenvalue weighted by atomic mass is 10.3. The van der Waals surface area contributed by atoms with E-state index >= 15 is 0 Å². The average Bonchev–Trinajstić information content (AvgIpc) is 2.44. The molecule has 2 aromatic heterocycles. The predicted octanol–water partition coefficient (Wildman–Crippen LogP) is 6.65. The normalized spacial score (nSPS) is 10.3. The van der Waals surface area contributed by atoms with Crippen molar-refractivity contribution < 1.29 is 8.78 Å². The molecule has 0 aromatic carbocycles. The molecule has 0 saturated heterocycles. The maximum atomic E-state index is 12.5. The van der Waals surface area contributed by atoms with Gasteiger partial charge in [-0.2, -0.15) is 8.78 Å². The Labute approximate surface area is 162 Å². The second kappa shape index (κ2) is 9.64. The van der Waals surface area contributed by atoms with E-state index in [1.807, 2.05) is 0 Å². The summed E-state index contributed by atoms with van der Waals surface area (Å²) in [6.07, 6.45) is 2.88. The molecule has 2 aromatic rings. The molecule has 2 rings (SSSR count). The molecule has 0 atom stereocenters. The summed E-state index contributed by atoms with van der Waals surface area (Å²) >= 11 is 16.2. The highest BCUT2D eigenvalue weighted by Gasteiger charge is 2.08. The van der Waals surface area contributed by atoms with Crippen LogP contribution in [0.25, 0.3) is 0 Å². The Morgan fingerprint density at radius 1 is 0.952 bits per heavy atom. The van der Waals surface area contributed by atoms with Crippen LogP contribution in [0.3, 0.4) is 0 Å². The third-order valence-corrected chi connectivity index (χ3v) is 5.10. The van der Waals surface area contributed by atoms with E-state index in [1.165, 1.54) is 24.5 Å². The number of alkyl halides is 3. The first-order valence-corrected chi connectivity index (χ1v) is 9.84. The summed E-state index contributed by atoms with van der Waals surface area (Å²) in [6, 6.07) is 2.75. The van der Waals surface area contributed by atoms with E-state index in [4.69, 9.17) is 0 Å². The number of pyridine rings is 2. The minimum Gasteiger partial charge on any atom is -0.227 e. The molecule has 0 unspecified atom stereocenters. The molecule has 2 nitrogen and oxygen atoms in total. The molecule has 21 heavy (non-hydrogen) atoms. The minimum atomic E-state index is -0.480. The molecule has 0 radical (unpaired) electrons. The van der Waals surface area contributed by atoms with Crippen LogP contribution in [0.2, 0.25) is 0 Å². The molecular weight excluding hydrogens is 610 g/mol. The summed E-state index contributed by atoms with van der Waals surface area (Å²) in [5.74, 6) is -0.926. The van der Waals surface area contributed by atoms with Crippen molar-refractivity contribution in [2.75, 3.05) is 0 Å². The molecule has 0 aliphatic carbocycles. The van der Waals surface area contributed by atoms with E-state index in [2.05, 4.69) is 89.6 Å². The number of aromatic nitrogens is 2. The molecule has 0 bridgehead atoms. The first-order valence-electron chi connectivity index (χ1n) is 5.30. The topological polar surface area (TPSA) is 25.8 Å². The van der Waals surface area contributed by atoms with Crippen molar-refractivity contribution in [1.29, 1.82) is 0 Å². The van der Waals surface area contributed by atoms with Gasteiger partial charge in [0, 0.05) is 26.7 Å². The maximum Gasteiger partial charge on any atom is 0.213 e. The number of halogens is 7. The molecule has 2 heterocycles. The Morgan fingerprint density at radius 3 is 1.90 bits per heavy atom. The van der Waals surface area contributed by atoms with Gasteiger partial charge in [0.1, 0.15) is 0 Å². The number of nitrogens with zero attached hydrogens (tertiary/aromatic N) is 2. The number of hydrogen-bond acceptors (Lipinski definition) is 2. The monoisotopic (exact) mass is 612 g/mol. The van der Waals surface area contributed by atoms with Gasteiger partial charge in [-0.15, -0.1) is 0 Å². The van der Waals surface area contributed by atoms with Gasteiger partial charge < -0.3 is 0 Å². The Kier molecular flexibility index (Phi) is 9.00. The summed E-state index contributed by atoms with van der Waals surface area (Å²) < 4.78 is 26.5. The number of hydrogen-bond donors (Lipinski definition) is 0. The van der Waals surface area contributed by atoms with E-state index in [9.17, 15) is 8.78 Å². The predicted molar refractivity (Wildman–Crippen MR) is 97.0 cm³/mol. The SMILES string of the molecule is Fc1cc(C(Br)Br)c(Br)cn1.Fc1cc(CBr)c(Br)cn1. The average molecular weight is 617 g/mol. The summed E-state index contributed by atoms with van der Waals surface area (Å²) in [5.41, 5.74) is 1.66. The maximum absolute atomic E-state index is 12.5. The van der Waals surface area contributed by atoms with Crippen LogP contribution in [0.4, 0.5) is 8.78 Å². The molecule has 0 amide bonds. The summed E-state index contributed by atoms with van der Waals surface area (Å²) in [6.45, 7) is 0. The lowest BCUT2D eigenvalue weighted by Crippen LogP contribution is -1.88. The largest absolute Gasteiger partial charge is 0.227 e. The molecule has 114 valence electrons. The van der Waals surface area contributed by atoms with E-state index < -0.39 is 11.9 Å². The fraction of sp³-hybridized carbons (Fsp3) is 0.167. The second-order valence-corrected chi connectivity index (χ2v) is 8.89. The Morgan fingerprint density at radius 2 is 1.48 bits per heavy atom. The van der Waals surface area contributed by atoms with Crippen molar-refractivity contribution in [3.63, 3.8) is 0 Å². The van der Waals surface area contributed by atoms with E-state index in [1.54, 1.807) is 0 Å². The Balaban J connectivity index is 0.000000211. The quantitative estimate of drug-likeness (QED) is 0.279. The van der Waals surface area contributed by atoms with Crippen LogP contribution >= 0.6 is 79.6 Å². The van der Waals surface area contributed by atoms with E-state index in [-0.39, 0.29) is 3.74 Å². The van der Waals surface area contributed by atoms with Gasteiger partial charge in [0.15, 0.2) is 0 Å². The zero-order chi connectivity index (χ0) is 16.0. The summed E-state index contributed by atoms with van der Waals surface area (Å²) in [5, 5.41) is 0.632. The van der Waals surface area contributed by atoms with Crippen LogP contribution in [0, 0.1) is 11.9 Å². The molecule has 9 heteroatoms. The van der Waals surface area contributed by atoms with Gasteiger partial charge in [0.05, 0.1) is 3.74 Å². The van der Waals surface area contributed by atoms with E-state index in [0.717, 1.165) is 20.1 Å². The first kappa shape index (κ1) is 19.6. The van der Waals surface area contributed by atoms with Crippen LogP contribution in [-0.4, -0.2) is 9.97 Å². The van der Waals surface area contributed by atoms with Crippen molar-refractivity contribution in [3.05, 3.63) is 56.5 Å². The molecule has 0 N–H and O–H groups in total. The highest BCUT2D eigenvalue weighted by Crippen LogP contribution is 2.33. The Bertz CT molecular complexity index is 610. The summed E-state index contributed by atoms with van der Waals surface area (Å²) in [4.78, 5) is 6.92. The van der Waals surface area contributed by atoms with Crippen molar-refractivity contribution >= 4 is 79.6 Å². The summed E-state index contributed by atoms with van der Waals surface area (Å²) in [7, 11) is 0. The highest BCUT2D eigenvalue weighted by molar-refractivity contribution is 9.24. The lowest BCUT2D eigenvalue weighted by Gasteiger charge is -2.03. The standard InChI is InChI=1S/C6H3Br3FN.C6H4Br2FN/c7-4-2-11-5(10)1-3(4)6(8)9;7-2-4-1-6(9)10-3-5(4)8/h1-2,6H;1,3H,2H2. The van der Waals surface area contributed by atoms with Crippen molar-refractivity contribution in [1.82, 2.24) is 9.97 Å². The van der Waals surface area contributed by atoms with Gasteiger partial charge >= 0.3 is 0 Å². The lowest BCUT2D eigenvalue weighted by molar-refractivity contribution is 0.581. The van der Waals surface area contributed by atoms with Gasteiger partial charge in [0.2, 0.25) is 11.9 Å². The molecule has 0 aliphatic rings. The molecule has 0 fully saturated rings. The molecule has 0 spiro atoms. The molecule has 0 saturated carbocycles. The Hall–Kier alpha value is 0.560. The smallest absolute Gasteiger partial charge is 0.213 e. The molecular formula is C12H7Br5F2N2. The van der Waals surface area contributed by atoms with E-state index in [0.29, 0.717) is 5.33 Å². The van der Waals surface area contributed by atoms with Gasteiger partial charge in [-0.1, -0.05) is 47.8 Å². The van der Waals surface area contributed by atoms with Crippen molar-refractivity contribution in [2.45, 2.75) is 9.07 Å². The van der Waals surface area contributed by atoms with Crippen molar-refractivity contribution in [3.8, 4) is 0 Å². The van der Waals surface area contributed by atoms with Gasteiger partial charge in [-0.05, 0) is 55.1 Å². The van der Waals surface area contributed by atoms with Crippen LogP contribution < -0.4 is 0 Å². The van der Waals surface area contributed by atoms with Crippen LogP contribution in [-0.2, 0) is 5.33 Å². The second-order valence-electron chi connectivity index (χ2n) is 3.56. The van der Waals surface area contributed by atoms with Crippen LogP contribution in [0.5, 0.6) is 0 Å². The zero-order valence-electron chi connectivity index (χ0n) is 10.1. The first-order chi connectivity index (χ1) is 9.85. The van der Waals surface area contributed by atoms with Crippen LogP contribution in [0.15, 0.2) is 33.5 Å². The highest BCUT2D eigenvalue weighted by atomic mass is 79.9. The fourth-order valence-electron chi connectivity index (χ4n) is 1.15. The third-order valence-electron chi connectivity index (χ3n) is 2.13. The van der Waals surface area contributed by atoms with Gasteiger partial charge in [0.25, 0.3) is 0 Å². The number of rotatable bonds is 2. The third kappa shape index (κ3) is 6.68. The zero-order valence-corrected chi connectivity index (χ0v) is 18.1. The van der Waals surface area contributed by atoms with Crippen LogP contribution in [0.1, 0.15) is 14.9 Å². The van der Waals surface area contributed by atoms with Crippen molar-refractivity contribution in [2.24, 2.45) is 0 Å². The minimum absolute atomic E-state index is 0.0538. The molecule has 0 aliphatic heterocycles. The van der Waals surface area contributed by atoms with Gasteiger partial charge in [-0.25, -0.2) is 9.97 Å². The fourth-order valence-corrected chi connectivity index (χ4v) is 4.16.